The van der Waals surface area contributed by atoms with E-state index in [9.17, 15) is 43.2 Å². The fourth-order valence-electron chi connectivity index (χ4n) is 9.99. The van der Waals surface area contributed by atoms with Crippen molar-refractivity contribution < 1.29 is 43.2 Å². The summed E-state index contributed by atoms with van der Waals surface area (Å²) in [5.41, 5.74) is 27.4. The average molecular weight is 1270 g/mol. The van der Waals surface area contributed by atoms with Crippen LogP contribution in [-0.4, -0.2) is 139 Å². The van der Waals surface area contributed by atoms with E-state index in [0.717, 1.165) is 54.8 Å². The Kier molecular flexibility index (Phi) is 39.5. The van der Waals surface area contributed by atoms with E-state index in [1.165, 1.54) is 58.3 Å². The summed E-state index contributed by atoms with van der Waals surface area (Å²) in [6.07, 6.45) is 26.5. The molecular weight excluding hydrogens is 1160 g/mol. The molecule has 0 fully saturated rings. The van der Waals surface area contributed by atoms with Gasteiger partial charge in [-0.05, 0) is 108 Å². The third kappa shape index (κ3) is 33.9. The van der Waals surface area contributed by atoms with Gasteiger partial charge >= 0.3 is 0 Å². The van der Waals surface area contributed by atoms with Crippen LogP contribution < -0.4 is 70.9 Å². The molecule has 9 amide bonds. The molecule has 0 saturated heterocycles. The number of unbranched alkanes of at least 4 members (excludes halogenated alkanes) is 13. The van der Waals surface area contributed by atoms with Crippen LogP contribution in [0.3, 0.4) is 0 Å². The monoisotopic (exact) mass is 1270 g/mol. The number of aliphatic imine (C=N–C) groups is 1. The number of amides is 9. The molecule has 25 heteroatoms. The number of hydrazone groups is 1. The van der Waals surface area contributed by atoms with Crippen LogP contribution in [0, 0.1) is 0 Å². The Morgan fingerprint density at radius 2 is 1.10 bits per heavy atom. The van der Waals surface area contributed by atoms with E-state index in [1.807, 2.05) is 31.2 Å². The summed E-state index contributed by atoms with van der Waals surface area (Å²) in [7, 11) is 0. The third-order valence-corrected chi connectivity index (χ3v) is 15.2. The highest BCUT2D eigenvalue weighted by Gasteiger charge is 2.33. The first kappa shape index (κ1) is 76.9. The van der Waals surface area contributed by atoms with E-state index < -0.39 is 83.5 Å². The molecular formula is C66H106N16O9. The second-order valence-electron chi connectivity index (χ2n) is 23.0. The van der Waals surface area contributed by atoms with Crippen LogP contribution in [-0.2, 0) is 56.0 Å². The minimum absolute atomic E-state index is 0.0116. The number of nitrogens with zero attached hydrogens (tertiary/aromatic N) is 2. The Balaban J connectivity index is 1.53. The number of hydrogen-bond donors (Lipinski definition) is 14. The second kappa shape index (κ2) is 46.7. The largest absolute Gasteiger partial charge is 0.370 e. The van der Waals surface area contributed by atoms with Crippen LogP contribution in [0.5, 0.6) is 0 Å². The number of fused-ring (bicyclic) bond motifs is 1. The smallest absolute Gasteiger partial charge is 0.264 e. The van der Waals surface area contributed by atoms with E-state index in [2.05, 4.69) is 82.1 Å². The van der Waals surface area contributed by atoms with Gasteiger partial charge in [-0.25, -0.2) is 0 Å². The topological polar surface area (TPSA) is 406 Å². The van der Waals surface area contributed by atoms with E-state index >= 15 is 0 Å². The minimum atomic E-state index is -1.30. The number of benzene rings is 2. The Labute approximate surface area is 537 Å². The zero-order valence-corrected chi connectivity index (χ0v) is 54.1. The molecule has 0 aliphatic carbocycles. The van der Waals surface area contributed by atoms with E-state index in [-0.39, 0.29) is 63.5 Å². The summed E-state index contributed by atoms with van der Waals surface area (Å²) in [4.78, 5) is 128. The number of nitrogens with two attached hydrogens (primary N) is 4. The predicted molar refractivity (Wildman–Crippen MR) is 358 cm³/mol. The molecule has 0 unspecified atom stereocenters. The molecule has 0 aliphatic heterocycles. The number of aromatic amines is 1. The molecule has 2 aromatic carbocycles. The lowest BCUT2D eigenvalue weighted by atomic mass is 10.0. The quantitative estimate of drug-likeness (QED) is 0.0125. The van der Waals surface area contributed by atoms with Crippen molar-refractivity contribution in [2.24, 2.45) is 33.0 Å². The predicted octanol–water partition coefficient (Wildman–Crippen LogP) is 3.98. The highest BCUT2D eigenvalue weighted by Crippen LogP contribution is 2.20. The van der Waals surface area contributed by atoms with Crippen LogP contribution in [0.2, 0.25) is 0 Å². The number of primary amides is 1. The van der Waals surface area contributed by atoms with Gasteiger partial charge < -0.3 is 75.9 Å². The number of para-hydroxylation sites is 1. The maximum atomic E-state index is 14.5. The zero-order valence-electron chi connectivity index (χ0n) is 54.1. The number of guanidine groups is 1. The Hall–Kier alpha value is -8.35. The molecule has 91 heavy (non-hydrogen) atoms. The third-order valence-electron chi connectivity index (χ3n) is 15.2. The van der Waals surface area contributed by atoms with Crippen molar-refractivity contribution in [3.63, 3.8) is 0 Å². The molecule has 0 radical (unpaired) electrons. The van der Waals surface area contributed by atoms with Gasteiger partial charge in [0.25, 0.3) is 5.91 Å². The molecule has 0 bridgehead atoms. The molecule has 25 nitrogen and oxygen atoms in total. The zero-order chi connectivity index (χ0) is 66.4. The molecule has 3 aromatic rings. The van der Waals surface area contributed by atoms with Crippen LogP contribution in [0.25, 0.3) is 10.9 Å². The summed E-state index contributed by atoms with van der Waals surface area (Å²) < 4.78 is 0. The fourth-order valence-corrected chi connectivity index (χ4v) is 9.99. The van der Waals surface area contributed by atoms with E-state index in [0.29, 0.717) is 63.7 Å². The molecule has 1 heterocycles. The summed E-state index contributed by atoms with van der Waals surface area (Å²) in [5.74, 6) is -5.71. The van der Waals surface area contributed by atoms with Crippen LogP contribution in [0.15, 0.2) is 83.0 Å². The maximum absolute atomic E-state index is 14.5. The first-order valence-corrected chi connectivity index (χ1v) is 32.9. The van der Waals surface area contributed by atoms with Gasteiger partial charge in [-0.1, -0.05) is 139 Å². The van der Waals surface area contributed by atoms with Gasteiger partial charge in [0.15, 0.2) is 5.96 Å². The van der Waals surface area contributed by atoms with Crippen molar-refractivity contribution >= 4 is 76.2 Å². The molecule has 18 N–H and O–H groups in total. The van der Waals surface area contributed by atoms with Crippen molar-refractivity contribution in [3.05, 3.63) is 84.1 Å². The lowest BCUT2D eigenvalue weighted by molar-refractivity contribution is -0.135. The van der Waals surface area contributed by atoms with Crippen LogP contribution in [0.1, 0.15) is 180 Å². The van der Waals surface area contributed by atoms with E-state index in [4.69, 9.17) is 22.9 Å². The molecule has 1 aromatic heterocycles. The number of rotatable bonds is 50. The highest BCUT2D eigenvalue weighted by molar-refractivity contribution is 6.26. The molecule has 3 rings (SSSR count). The molecule has 0 aliphatic rings. The first-order chi connectivity index (χ1) is 43.9. The number of allylic oxidation sites excluding steroid dienone is 2. The van der Waals surface area contributed by atoms with Crippen LogP contribution >= 0.6 is 0 Å². The van der Waals surface area contributed by atoms with Gasteiger partial charge in [0.2, 0.25) is 47.3 Å². The fraction of sp³-hybridized carbons (Fsp3) is 0.591. The first-order valence-electron chi connectivity index (χ1n) is 32.9. The Morgan fingerprint density at radius 3 is 1.77 bits per heavy atom. The van der Waals surface area contributed by atoms with Crippen LogP contribution in [0.4, 0.5) is 0 Å². The number of H-pyrrole nitrogens is 1. The minimum Gasteiger partial charge on any atom is -0.370 e. The molecule has 0 spiro atoms. The van der Waals surface area contributed by atoms with Crippen molar-refractivity contribution in [2.45, 2.75) is 218 Å². The van der Waals surface area contributed by atoms with Crippen molar-refractivity contribution in [2.75, 3.05) is 32.7 Å². The Bertz CT molecular complexity index is 2750. The number of carbonyl (C=O) groups is 9. The van der Waals surface area contributed by atoms with Crippen molar-refractivity contribution in [3.8, 4) is 0 Å². The molecule has 6 atom stereocenters. The standard InChI is InChI=1S/C66H106N16O9/c1-4-6-8-9-10-11-12-13-14-15-16-17-18-19-23-37-57(83)71-40-29-41-72-58(84)45-75-76-46-59(85)78-52(33-7-5-2)62(88)77-47(3)61(87)79-53(35-26-27-38-67)64(90)82-56(42-48-30-21-20-22-31-48)65(91)80-54(36-28-39-73-66(69)70)63(89)81-55(60(68)86)43-49-44-74-51-34-25-24-32-50(49)51/h13-14,20-22,24-25,30-32,34,44-45,47,52-56,74,76H,4-12,15-19,23,26-29,33,35-43,46,67H2,1-3H3,(H2,68,86)(H,71,83)(H,72,84)(H,77,88)(H,78,85)(H,79,87)(H,80,91)(H,81,89)(H,82,90)(H4,69,70,73)/b14-13-,75-45+/t47-,52-,53-,54-,55-,56+/m0/s1. The number of hydrogen-bond acceptors (Lipinski definition) is 13. The maximum Gasteiger partial charge on any atom is 0.264 e. The number of aromatic nitrogens is 1. The van der Waals surface area contributed by atoms with Gasteiger partial charge in [0, 0.05) is 56.0 Å². The normalized spacial score (nSPS) is 13.2. The van der Waals surface area contributed by atoms with Gasteiger partial charge in [-0.15, -0.1) is 0 Å². The summed E-state index contributed by atoms with van der Waals surface area (Å²) in [6, 6.07) is 9.03. The lowest BCUT2D eigenvalue weighted by Gasteiger charge is -2.27. The Morgan fingerprint density at radius 1 is 0.538 bits per heavy atom. The number of nitrogens with one attached hydrogen (secondary N) is 10. The van der Waals surface area contributed by atoms with Gasteiger partial charge in [-0.2, -0.15) is 5.10 Å². The highest BCUT2D eigenvalue weighted by atomic mass is 16.2. The summed E-state index contributed by atoms with van der Waals surface area (Å²) in [5, 5.41) is 26.5. The molecule has 504 valence electrons. The average Bonchev–Trinajstić information content (AvgIpc) is 2.47. The summed E-state index contributed by atoms with van der Waals surface area (Å²) in [6.45, 7) is 6.31. The van der Waals surface area contributed by atoms with Gasteiger partial charge in [0.1, 0.15) is 49.0 Å². The lowest BCUT2D eigenvalue weighted by Crippen LogP contribution is -2.59. The van der Waals surface area contributed by atoms with Gasteiger partial charge in [-0.3, -0.25) is 48.1 Å². The van der Waals surface area contributed by atoms with E-state index in [1.54, 1.807) is 36.5 Å². The van der Waals surface area contributed by atoms with Crippen molar-refractivity contribution in [1.82, 2.24) is 52.9 Å². The molecule has 0 saturated carbocycles. The van der Waals surface area contributed by atoms with Crippen molar-refractivity contribution in [1.29, 1.82) is 0 Å². The van der Waals surface area contributed by atoms with Gasteiger partial charge in [0.05, 0.1) is 0 Å². The number of carbonyl (C=O) groups excluding carboxylic acids is 9. The SMILES string of the molecule is CCCCCCCC/C=C\CCCCCCCC(=O)NCCCNC(=O)/C=N/NCC(=O)N[C@@H](CCCC)C(=O)N[C@@H](C)C(=O)N[C@@H](CCCCN)C(=O)N[C@H](Cc1ccccc1)C(=O)N[C@@H](CCCN=C(N)N)C(=O)N[C@@H](Cc1c[nH]c2ccccc12)C(N)=O. The second-order valence-corrected chi connectivity index (χ2v) is 23.0. The summed E-state index contributed by atoms with van der Waals surface area (Å²) >= 11 is 0.